The number of aliphatic imine (C=N–C) groups is 1. The molecule has 2 rings (SSSR count). The van der Waals surface area contributed by atoms with Gasteiger partial charge in [-0.05, 0) is 19.9 Å². The number of aryl methyl sites for hydroxylation is 1. The fourth-order valence-electron chi connectivity index (χ4n) is 1.38. The molecule has 0 fully saturated rings. The van der Waals surface area contributed by atoms with Gasteiger partial charge in [-0.1, -0.05) is 0 Å². The van der Waals surface area contributed by atoms with Gasteiger partial charge in [-0.25, -0.2) is 0 Å². The predicted octanol–water partition coefficient (Wildman–Crippen LogP) is 2.42. The van der Waals surface area contributed by atoms with Crippen molar-refractivity contribution in [1.82, 2.24) is 0 Å². The minimum Gasteiger partial charge on any atom is -0.289 e. The first-order valence-corrected chi connectivity index (χ1v) is 4.70. The Kier molecular flexibility index (Phi) is 1.57. The van der Waals surface area contributed by atoms with E-state index in [9.17, 15) is 0 Å². The maximum atomic E-state index is 4.37. The highest BCUT2D eigenvalue weighted by Crippen LogP contribution is 2.25. The third-order valence-electron chi connectivity index (χ3n) is 1.91. The average Bonchev–Trinajstić information content (AvgIpc) is 2.27. The van der Waals surface area contributed by atoms with Gasteiger partial charge in [0, 0.05) is 28.0 Å². The Morgan fingerprint density at radius 1 is 1.64 bits per heavy atom. The van der Waals surface area contributed by atoms with Crippen molar-refractivity contribution in [1.29, 1.82) is 0 Å². The van der Waals surface area contributed by atoms with Crippen LogP contribution in [-0.2, 0) is 6.42 Å². The van der Waals surface area contributed by atoms with E-state index in [-0.39, 0.29) is 0 Å². The molecule has 0 bridgehead atoms. The zero-order chi connectivity index (χ0) is 7.84. The molecule has 11 heavy (non-hydrogen) atoms. The summed E-state index contributed by atoms with van der Waals surface area (Å²) in [6.07, 6.45) is 3.14. The molecular formula is C9H11NS. The Hall–Kier alpha value is -0.630. The van der Waals surface area contributed by atoms with E-state index in [4.69, 9.17) is 0 Å². The first-order chi connectivity index (χ1) is 5.25. The van der Waals surface area contributed by atoms with Crippen LogP contribution in [0, 0.1) is 6.92 Å². The fraction of sp³-hybridized carbons (Fsp3) is 0.444. The van der Waals surface area contributed by atoms with Gasteiger partial charge in [-0.2, -0.15) is 0 Å². The van der Waals surface area contributed by atoms with E-state index >= 15 is 0 Å². The van der Waals surface area contributed by atoms with Crippen molar-refractivity contribution in [2.75, 3.05) is 0 Å². The summed E-state index contributed by atoms with van der Waals surface area (Å²) in [6.45, 7) is 4.32. The zero-order valence-electron chi connectivity index (χ0n) is 6.79. The van der Waals surface area contributed by atoms with Gasteiger partial charge in [-0.15, -0.1) is 11.3 Å². The Labute approximate surface area is 70.8 Å². The van der Waals surface area contributed by atoms with E-state index in [2.05, 4.69) is 24.9 Å². The molecule has 0 radical (unpaired) electrons. The van der Waals surface area contributed by atoms with Crippen molar-refractivity contribution in [3.8, 4) is 0 Å². The van der Waals surface area contributed by atoms with Gasteiger partial charge in [0.1, 0.15) is 0 Å². The number of rotatable bonds is 0. The molecule has 0 spiro atoms. The Bertz CT molecular complexity index is 299. The second-order valence-electron chi connectivity index (χ2n) is 3.07. The summed E-state index contributed by atoms with van der Waals surface area (Å²) >= 11 is 1.90. The molecule has 1 unspecified atom stereocenters. The minimum absolute atomic E-state index is 0.487. The van der Waals surface area contributed by atoms with Gasteiger partial charge in [0.15, 0.2) is 0 Å². The number of hydrogen-bond acceptors (Lipinski definition) is 2. The van der Waals surface area contributed by atoms with Gasteiger partial charge in [-0.3, -0.25) is 4.99 Å². The molecule has 0 aromatic carbocycles. The van der Waals surface area contributed by atoms with Crippen LogP contribution in [0.1, 0.15) is 22.2 Å². The molecule has 0 amide bonds. The number of fused-ring (bicyclic) bond motifs is 1. The van der Waals surface area contributed by atoms with Crippen LogP contribution in [0.5, 0.6) is 0 Å². The lowest BCUT2D eigenvalue weighted by molar-refractivity contribution is 0.742. The highest BCUT2D eigenvalue weighted by Gasteiger charge is 2.12. The molecule has 2 heteroatoms. The Morgan fingerprint density at radius 3 is 3.27 bits per heavy atom. The quantitative estimate of drug-likeness (QED) is 0.560. The van der Waals surface area contributed by atoms with Gasteiger partial charge < -0.3 is 0 Å². The maximum absolute atomic E-state index is 4.37. The van der Waals surface area contributed by atoms with Crippen molar-refractivity contribution < 1.29 is 0 Å². The zero-order valence-corrected chi connectivity index (χ0v) is 7.61. The molecule has 1 aromatic heterocycles. The Balaban J connectivity index is 2.44. The third-order valence-corrected chi connectivity index (χ3v) is 3.00. The minimum atomic E-state index is 0.487. The molecule has 1 nitrogen and oxygen atoms in total. The maximum Gasteiger partial charge on any atom is 0.0520 e. The van der Waals surface area contributed by atoms with Crippen LogP contribution < -0.4 is 0 Å². The van der Waals surface area contributed by atoms with E-state index in [1.54, 1.807) is 0 Å². The second kappa shape index (κ2) is 2.45. The van der Waals surface area contributed by atoms with Crippen LogP contribution in [0.3, 0.4) is 0 Å². The SMILES string of the molecule is Cc1cc2c(s1)CC(C)N=C2. The molecule has 1 atom stereocenters. The predicted molar refractivity (Wildman–Crippen MR) is 49.8 cm³/mol. The van der Waals surface area contributed by atoms with Gasteiger partial charge in [0.25, 0.3) is 0 Å². The molecule has 1 aromatic rings. The number of nitrogens with zero attached hydrogens (tertiary/aromatic N) is 1. The van der Waals surface area contributed by atoms with Crippen molar-refractivity contribution in [2.45, 2.75) is 26.3 Å². The van der Waals surface area contributed by atoms with Crippen LogP contribution in [0.25, 0.3) is 0 Å². The highest BCUT2D eigenvalue weighted by atomic mass is 32.1. The van der Waals surface area contributed by atoms with Crippen LogP contribution >= 0.6 is 11.3 Å². The molecule has 0 saturated heterocycles. The van der Waals surface area contributed by atoms with Crippen molar-refractivity contribution in [3.05, 3.63) is 21.4 Å². The summed E-state index contributed by atoms with van der Waals surface area (Å²) < 4.78 is 0. The largest absolute Gasteiger partial charge is 0.289 e. The van der Waals surface area contributed by atoms with Crippen LogP contribution in [0.4, 0.5) is 0 Å². The summed E-state index contributed by atoms with van der Waals surface area (Å²) in [4.78, 5) is 7.27. The normalized spacial score (nSPS) is 21.8. The van der Waals surface area contributed by atoms with E-state index < -0.39 is 0 Å². The lowest BCUT2D eigenvalue weighted by Gasteiger charge is -2.09. The van der Waals surface area contributed by atoms with Crippen molar-refractivity contribution >= 4 is 17.6 Å². The third kappa shape index (κ3) is 1.23. The molecule has 1 aliphatic heterocycles. The van der Waals surface area contributed by atoms with Gasteiger partial charge >= 0.3 is 0 Å². The molecule has 0 aliphatic carbocycles. The van der Waals surface area contributed by atoms with Gasteiger partial charge in [0.2, 0.25) is 0 Å². The van der Waals surface area contributed by atoms with Gasteiger partial charge in [0.05, 0.1) is 6.04 Å². The summed E-state index contributed by atoms with van der Waals surface area (Å²) in [5.74, 6) is 0. The monoisotopic (exact) mass is 165 g/mol. The molecule has 2 heterocycles. The van der Waals surface area contributed by atoms with E-state index in [1.165, 1.54) is 15.3 Å². The first-order valence-electron chi connectivity index (χ1n) is 3.88. The second-order valence-corrected chi connectivity index (χ2v) is 4.41. The molecular weight excluding hydrogens is 154 g/mol. The summed E-state index contributed by atoms with van der Waals surface area (Å²) in [6, 6.07) is 2.70. The summed E-state index contributed by atoms with van der Waals surface area (Å²) in [5, 5.41) is 0. The summed E-state index contributed by atoms with van der Waals surface area (Å²) in [5.41, 5.74) is 1.34. The summed E-state index contributed by atoms with van der Waals surface area (Å²) in [7, 11) is 0. The van der Waals surface area contributed by atoms with Crippen LogP contribution in [0.15, 0.2) is 11.1 Å². The highest BCUT2D eigenvalue weighted by molar-refractivity contribution is 7.12. The smallest absolute Gasteiger partial charge is 0.0520 e. The number of thiophene rings is 1. The Morgan fingerprint density at radius 2 is 2.45 bits per heavy atom. The van der Waals surface area contributed by atoms with Crippen LogP contribution in [0.2, 0.25) is 0 Å². The fourth-order valence-corrected chi connectivity index (χ4v) is 2.51. The molecule has 58 valence electrons. The van der Waals surface area contributed by atoms with E-state index in [0.717, 1.165) is 6.42 Å². The average molecular weight is 165 g/mol. The molecule has 0 saturated carbocycles. The standard InChI is InChI=1S/C9H11NS/c1-6-3-9-8(5-10-6)4-7(2)11-9/h4-6H,3H2,1-2H3. The topological polar surface area (TPSA) is 12.4 Å². The lowest BCUT2D eigenvalue weighted by atomic mass is 10.1. The molecule has 1 aliphatic rings. The number of hydrogen-bond donors (Lipinski definition) is 0. The van der Waals surface area contributed by atoms with Crippen LogP contribution in [-0.4, -0.2) is 12.3 Å². The first kappa shape index (κ1) is 7.04. The van der Waals surface area contributed by atoms with Crippen molar-refractivity contribution in [3.63, 3.8) is 0 Å². The lowest BCUT2D eigenvalue weighted by Crippen LogP contribution is -2.08. The van der Waals surface area contributed by atoms with E-state index in [1.807, 2.05) is 17.6 Å². The molecule has 0 N–H and O–H groups in total. The van der Waals surface area contributed by atoms with Crippen molar-refractivity contribution in [2.24, 2.45) is 4.99 Å². The van der Waals surface area contributed by atoms with E-state index in [0.29, 0.717) is 6.04 Å².